The summed E-state index contributed by atoms with van der Waals surface area (Å²) in [7, 11) is 0. The van der Waals surface area contributed by atoms with Crippen molar-refractivity contribution in [3.63, 3.8) is 0 Å². The molecule has 0 heterocycles. The molecule has 0 saturated carbocycles. The van der Waals surface area contributed by atoms with Crippen LogP contribution in [0.2, 0.25) is 5.02 Å². The minimum absolute atomic E-state index is 0.145. The molecule has 90 valence electrons. The van der Waals surface area contributed by atoms with Gasteiger partial charge in [-0.2, -0.15) is 0 Å². The molecule has 16 heavy (non-hydrogen) atoms. The fraction of sp³-hybridized carbons (Fsp3) is 0.538. The van der Waals surface area contributed by atoms with Crippen molar-refractivity contribution < 1.29 is 4.74 Å². The van der Waals surface area contributed by atoms with Crippen LogP contribution < -0.4 is 10.5 Å². The third-order valence-electron chi connectivity index (χ3n) is 2.59. The quantitative estimate of drug-likeness (QED) is 0.878. The van der Waals surface area contributed by atoms with Gasteiger partial charge in [-0.1, -0.05) is 17.7 Å². The van der Waals surface area contributed by atoms with Crippen molar-refractivity contribution in [2.45, 2.75) is 40.2 Å². The van der Waals surface area contributed by atoms with Crippen LogP contribution >= 0.6 is 11.6 Å². The van der Waals surface area contributed by atoms with Crippen LogP contribution in [0.4, 0.5) is 0 Å². The average Bonchev–Trinajstić information content (AvgIpc) is 2.20. The van der Waals surface area contributed by atoms with Crippen molar-refractivity contribution in [1.82, 2.24) is 0 Å². The number of benzene rings is 1. The fourth-order valence-electron chi connectivity index (χ4n) is 1.80. The van der Waals surface area contributed by atoms with E-state index in [4.69, 9.17) is 22.1 Å². The number of ether oxygens (including phenoxy) is 1. The Morgan fingerprint density at radius 3 is 2.56 bits per heavy atom. The van der Waals surface area contributed by atoms with Crippen LogP contribution in [0.3, 0.4) is 0 Å². The number of nitrogens with two attached hydrogens (primary N) is 1. The zero-order chi connectivity index (χ0) is 12.3. The Morgan fingerprint density at radius 1 is 1.44 bits per heavy atom. The van der Waals surface area contributed by atoms with E-state index in [1.165, 1.54) is 5.56 Å². The Hall–Kier alpha value is -0.730. The van der Waals surface area contributed by atoms with Crippen molar-refractivity contribution in [2.75, 3.05) is 6.61 Å². The molecule has 0 aliphatic rings. The molecule has 1 aromatic carbocycles. The van der Waals surface area contributed by atoms with Crippen LogP contribution in [-0.4, -0.2) is 12.6 Å². The Kier molecular flexibility index (Phi) is 4.63. The van der Waals surface area contributed by atoms with Gasteiger partial charge in [0, 0.05) is 6.04 Å². The summed E-state index contributed by atoms with van der Waals surface area (Å²) in [6, 6.07) is 2.27. The Labute approximate surface area is 103 Å². The fourth-order valence-corrected chi connectivity index (χ4v) is 2.12. The molecule has 3 heteroatoms. The first-order chi connectivity index (χ1) is 7.47. The van der Waals surface area contributed by atoms with Gasteiger partial charge in [-0.25, -0.2) is 0 Å². The van der Waals surface area contributed by atoms with Crippen LogP contribution in [-0.2, 0) is 6.42 Å². The number of rotatable bonds is 4. The predicted molar refractivity (Wildman–Crippen MR) is 69.4 cm³/mol. The molecule has 0 spiro atoms. The normalized spacial score (nSPS) is 12.6. The van der Waals surface area contributed by atoms with Crippen molar-refractivity contribution in [2.24, 2.45) is 5.73 Å². The van der Waals surface area contributed by atoms with E-state index in [-0.39, 0.29) is 6.04 Å². The van der Waals surface area contributed by atoms with Gasteiger partial charge >= 0.3 is 0 Å². The van der Waals surface area contributed by atoms with Crippen LogP contribution in [0.15, 0.2) is 6.07 Å². The number of hydrogen-bond acceptors (Lipinski definition) is 2. The second kappa shape index (κ2) is 5.55. The van der Waals surface area contributed by atoms with E-state index in [0.717, 1.165) is 28.3 Å². The zero-order valence-electron chi connectivity index (χ0n) is 10.4. The average molecular weight is 242 g/mol. The van der Waals surface area contributed by atoms with Gasteiger partial charge < -0.3 is 10.5 Å². The van der Waals surface area contributed by atoms with Crippen LogP contribution in [0, 0.1) is 13.8 Å². The molecule has 1 aromatic rings. The summed E-state index contributed by atoms with van der Waals surface area (Å²) in [6.45, 7) is 8.62. The standard InChI is InChI=1S/C13H20ClNO/c1-5-16-13-8(2)6-11(7-9(3)15)10(4)12(13)14/h6,9H,5,7,15H2,1-4H3. The Balaban J connectivity index is 3.16. The van der Waals surface area contributed by atoms with E-state index in [1.807, 2.05) is 27.7 Å². The summed E-state index contributed by atoms with van der Waals surface area (Å²) in [5, 5.41) is 0.720. The molecule has 0 amide bonds. The van der Waals surface area contributed by atoms with Crippen LogP contribution in [0.1, 0.15) is 30.5 Å². The molecule has 0 aromatic heterocycles. The second-order valence-corrected chi connectivity index (χ2v) is 4.61. The summed E-state index contributed by atoms with van der Waals surface area (Å²) in [5.74, 6) is 0.801. The van der Waals surface area contributed by atoms with Gasteiger partial charge in [0.05, 0.1) is 11.6 Å². The lowest BCUT2D eigenvalue weighted by molar-refractivity contribution is 0.337. The molecular weight excluding hydrogens is 222 g/mol. The maximum atomic E-state index is 6.30. The molecule has 0 aliphatic carbocycles. The van der Waals surface area contributed by atoms with Crippen molar-refractivity contribution in [3.05, 3.63) is 27.8 Å². The van der Waals surface area contributed by atoms with E-state index in [9.17, 15) is 0 Å². The van der Waals surface area contributed by atoms with E-state index >= 15 is 0 Å². The highest BCUT2D eigenvalue weighted by atomic mass is 35.5. The SMILES string of the molecule is CCOc1c(C)cc(CC(C)N)c(C)c1Cl. The van der Waals surface area contributed by atoms with E-state index in [2.05, 4.69) is 6.07 Å². The highest BCUT2D eigenvalue weighted by molar-refractivity contribution is 6.33. The lowest BCUT2D eigenvalue weighted by Crippen LogP contribution is -2.18. The zero-order valence-corrected chi connectivity index (χ0v) is 11.2. The van der Waals surface area contributed by atoms with Gasteiger partial charge in [0.15, 0.2) is 0 Å². The van der Waals surface area contributed by atoms with Gasteiger partial charge in [0.1, 0.15) is 5.75 Å². The molecule has 0 saturated heterocycles. The monoisotopic (exact) mass is 241 g/mol. The number of hydrogen-bond donors (Lipinski definition) is 1. The third kappa shape index (κ3) is 2.89. The van der Waals surface area contributed by atoms with E-state index in [1.54, 1.807) is 0 Å². The molecule has 0 fully saturated rings. The highest BCUT2D eigenvalue weighted by Gasteiger charge is 2.13. The molecule has 2 N–H and O–H groups in total. The summed E-state index contributed by atoms with van der Waals surface area (Å²) < 4.78 is 5.55. The largest absolute Gasteiger partial charge is 0.492 e. The van der Waals surface area contributed by atoms with Gasteiger partial charge in [-0.3, -0.25) is 0 Å². The van der Waals surface area contributed by atoms with Crippen molar-refractivity contribution in [3.8, 4) is 5.75 Å². The lowest BCUT2D eigenvalue weighted by Gasteiger charge is -2.16. The summed E-state index contributed by atoms with van der Waals surface area (Å²) in [4.78, 5) is 0. The minimum atomic E-state index is 0.145. The first kappa shape index (κ1) is 13.3. The highest BCUT2D eigenvalue weighted by Crippen LogP contribution is 2.34. The maximum Gasteiger partial charge on any atom is 0.141 e. The molecule has 0 aliphatic heterocycles. The van der Waals surface area contributed by atoms with Crippen molar-refractivity contribution >= 4 is 11.6 Å². The first-order valence-corrected chi connectivity index (χ1v) is 6.02. The maximum absolute atomic E-state index is 6.30. The second-order valence-electron chi connectivity index (χ2n) is 4.24. The summed E-state index contributed by atoms with van der Waals surface area (Å²) >= 11 is 6.30. The van der Waals surface area contributed by atoms with Gasteiger partial charge in [-0.15, -0.1) is 0 Å². The molecule has 2 nitrogen and oxygen atoms in total. The molecule has 1 atom stereocenters. The minimum Gasteiger partial charge on any atom is -0.492 e. The predicted octanol–water partition coefficient (Wildman–Crippen LogP) is 3.25. The van der Waals surface area contributed by atoms with Gasteiger partial charge in [0.25, 0.3) is 0 Å². The molecular formula is C13H20ClNO. The Morgan fingerprint density at radius 2 is 2.06 bits per heavy atom. The lowest BCUT2D eigenvalue weighted by atomic mass is 9.99. The third-order valence-corrected chi connectivity index (χ3v) is 3.04. The summed E-state index contributed by atoms with van der Waals surface area (Å²) in [5.41, 5.74) is 9.18. The van der Waals surface area contributed by atoms with Gasteiger partial charge in [0.2, 0.25) is 0 Å². The first-order valence-electron chi connectivity index (χ1n) is 5.64. The van der Waals surface area contributed by atoms with Crippen LogP contribution in [0.5, 0.6) is 5.75 Å². The molecule has 1 unspecified atom stereocenters. The van der Waals surface area contributed by atoms with E-state index in [0.29, 0.717) is 6.61 Å². The number of halogens is 1. The molecule has 0 radical (unpaired) electrons. The molecule has 1 rings (SSSR count). The van der Waals surface area contributed by atoms with Crippen LogP contribution in [0.25, 0.3) is 0 Å². The summed E-state index contributed by atoms with van der Waals surface area (Å²) in [6.07, 6.45) is 0.846. The smallest absolute Gasteiger partial charge is 0.141 e. The van der Waals surface area contributed by atoms with Gasteiger partial charge in [-0.05, 0) is 50.8 Å². The van der Waals surface area contributed by atoms with E-state index < -0.39 is 0 Å². The molecule has 0 bridgehead atoms. The topological polar surface area (TPSA) is 35.2 Å². The van der Waals surface area contributed by atoms with Crippen molar-refractivity contribution in [1.29, 1.82) is 0 Å². The Bertz CT molecular complexity index is 375. The number of aryl methyl sites for hydroxylation is 1.